The van der Waals surface area contributed by atoms with Crippen LogP contribution in [0.25, 0.3) is 0 Å². The molecule has 102 valence electrons. The van der Waals surface area contributed by atoms with Crippen LogP contribution < -0.4 is 10.6 Å². The maximum Gasteiger partial charge on any atom is 0.131 e. The Bertz CT molecular complexity index is 448. The van der Waals surface area contributed by atoms with E-state index in [1.54, 1.807) is 0 Å². The largest absolute Gasteiger partial charge is 0.383 e. The Kier molecular flexibility index (Phi) is 4.77. The van der Waals surface area contributed by atoms with E-state index < -0.39 is 6.23 Å². The third kappa shape index (κ3) is 4.23. The topological polar surface area (TPSA) is 44.3 Å². The fourth-order valence-corrected chi connectivity index (χ4v) is 2.10. The summed E-state index contributed by atoms with van der Waals surface area (Å²) in [6.07, 6.45) is 8.48. The first kappa shape index (κ1) is 13.8. The van der Waals surface area contributed by atoms with Crippen molar-refractivity contribution in [3.63, 3.8) is 0 Å². The van der Waals surface area contributed by atoms with Crippen LogP contribution >= 0.6 is 0 Å². The molecule has 0 amide bonds. The molecular formula is C16H22N2O. The number of hydrogen-bond donors (Lipinski definition) is 3. The van der Waals surface area contributed by atoms with E-state index in [9.17, 15) is 5.11 Å². The number of benzene rings is 1. The van der Waals surface area contributed by atoms with E-state index >= 15 is 0 Å². The highest BCUT2D eigenvalue weighted by Gasteiger charge is 2.12. The molecule has 3 heteroatoms. The standard InChI is InChI=1S/C16H22N2O/c1-12(2)17-15-10-8-13(9-11-15)16(19)18-14-6-4-3-5-7-14/h3-6,8-12,14,16-19H,7H2,1-2H3. The SMILES string of the molecule is CC(C)Nc1ccc(C(O)NC2C=CC=CC2)cc1. The lowest BCUT2D eigenvalue weighted by Gasteiger charge is -2.20. The smallest absolute Gasteiger partial charge is 0.131 e. The summed E-state index contributed by atoms with van der Waals surface area (Å²) in [6.45, 7) is 4.21. The lowest BCUT2D eigenvalue weighted by atomic mass is 10.1. The highest BCUT2D eigenvalue weighted by Crippen LogP contribution is 2.17. The van der Waals surface area contributed by atoms with E-state index in [1.165, 1.54) is 0 Å². The first-order valence-electron chi connectivity index (χ1n) is 6.79. The highest BCUT2D eigenvalue weighted by molar-refractivity contribution is 5.45. The summed E-state index contributed by atoms with van der Waals surface area (Å²) in [6, 6.07) is 8.50. The molecule has 0 saturated carbocycles. The molecule has 0 radical (unpaired) electrons. The number of hydrogen-bond acceptors (Lipinski definition) is 3. The van der Waals surface area contributed by atoms with Crippen LogP contribution in [0, 0.1) is 0 Å². The summed E-state index contributed by atoms with van der Waals surface area (Å²) in [4.78, 5) is 0. The van der Waals surface area contributed by atoms with E-state index in [4.69, 9.17) is 0 Å². The molecule has 2 atom stereocenters. The fraction of sp³-hybridized carbons (Fsp3) is 0.375. The zero-order chi connectivity index (χ0) is 13.7. The second-order valence-electron chi connectivity index (χ2n) is 5.15. The molecular weight excluding hydrogens is 236 g/mol. The molecule has 2 rings (SSSR count). The van der Waals surface area contributed by atoms with Gasteiger partial charge in [0.2, 0.25) is 0 Å². The zero-order valence-corrected chi connectivity index (χ0v) is 11.5. The molecule has 0 aromatic heterocycles. The predicted octanol–water partition coefficient (Wildman–Crippen LogP) is 2.97. The van der Waals surface area contributed by atoms with Gasteiger partial charge in [0.15, 0.2) is 0 Å². The molecule has 0 fully saturated rings. The van der Waals surface area contributed by atoms with Crippen molar-refractivity contribution >= 4 is 5.69 Å². The first-order valence-corrected chi connectivity index (χ1v) is 6.79. The van der Waals surface area contributed by atoms with Gasteiger partial charge in [0.1, 0.15) is 6.23 Å². The van der Waals surface area contributed by atoms with Crippen LogP contribution in [-0.4, -0.2) is 17.2 Å². The minimum Gasteiger partial charge on any atom is -0.383 e. The molecule has 0 saturated heterocycles. The Morgan fingerprint density at radius 3 is 2.47 bits per heavy atom. The Balaban J connectivity index is 1.93. The Morgan fingerprint density at radius 2 is 1.89 bits per heavy atom. The van der Waals surface area contributed by atoms with Crippen LogP contribution in [-0.2, 0) is 0 Å². The van der Waals surface area contributed by atoms with E-state index in [1.807, 2.05) is 36.4 Å². The van der Waals surface area contributed by atoms with Gasteiger partial charge in [-0.2, -0.15) is 0 Å². The molecule has 19 heavy (non-hydrogen) atoms. The van der Waals surface area contributed by atoms with Crippen molar-refractivity contribution in [2.45, 2.75) is 38.6 Å². The van der Waals surface area contributed by atoms with Gasteiger partial charge in [-0.05, 0) is 38.0 Å². The predicted molar refractivity (Wildman–Crippen MR) is 80.0 cm³/mol. The second-order valence-corrected chi connectivity index (χ2v) is 5.15. The van der Waals surface area contributed by atoms with Crippen molar-refractivity contribution in [1.29, 1.82) is 0 Å². The first-order chi connectivity index (χ1) is 9.15. The zero-order valence-electron chi connectivity index (χ0n) is 11.5. The van der Waals surface area contributed by atoms with Crippen molar-refractivity contribution in [1.82, 2.24) is 5.32 Å². The molecule has 0 heterocycles. The normalized spacial score (nSPS) is 19.7. The number of nitrogens with one attached hydrogen (secondary N) is 2. The molecule has 0 aliphatic heterocycles. The van der Waals surface area contributed by atoms with Crippen LogP contribution in [0.5, 0.6) is 0 Å². The van der Waals surface area contributed by atoms with Crippen LogP contribution in [0.3, 0.4) is 0 Å². The summed E-state index contributed by atoms with van der Waals surface area (Å²) >= 11 is 0. The quantitative estimate of drug-likeness (QED) is 0.711. The van der Waals surface area contributed by atoms with Crippen LogP contribution in [0.2, 0.25) is 0 Å². The number of allylic oxidation sites excluding steroid dienone is 2. The van der Waals surface area contributed by atoms with E-state index in [-0.39, 0.29) is 6.04 Å². The van der Waals surface area contributed by atoms with Gasteiger partial charge in [-0.25, -0.2) is 0 Å². The van der Waals surface area contributed by atoms with Gasteiger partial charge in [-0.1, -0.05) is 36.4 Å². The molecule has 0 bridgehead atoms. The summed E-state index contributed by atoms with van der Waals surface area (Å²) in [5, 5.41) is 16.7. The second kappa shape index (κ2) is 6.55. The monoisotopic (exact) mass is 258 g/mol. The minimum absolute atomic E-state index is 0.202. The van der Waals surface area contributed by atoms with Gasteiger partial charge in [-0.3, -0.25) is 5.32 Å². The van der Waals surface area contributed by atoms with E-state index in [2.05, 4.69) is 36.6 Å². The van der Waals surface area contributed by atoms with Crippen molar-refractivity contribution in [2.75, 3.05) is 5.32 Å². The lowest BCUT2D eigenvalue weighted by molar-refractivity contribution is 0.130. The number of rotatable bonds is 5. The van der Waals surface area contributed by atoms with E-state index in [0.29, 0.717) is 6.04 Å². The van der Waals surface area contributed by atoms with Crippen LogP contribution in [0.4, 0.5) is 5.69 Å². The summed E-state index contributed by atoms with van der Waals surface area (Å²) in [5.41, 5.74) is 1.96. The lowest BCUT2D eigenvalue weighted by Crippen LogP contribution is -2.31. The van der Waals surface area contributed by atoms with Crippen molar-refractivity contribution in [2.24, 2.45) is 0 Å². The van der Waals surface area contributed by atoms with Crippen molar-refractivity contribution < 1.29 is 5.11 Å². The molecule has 3 N–H and O–H groups in total. The van der Waals surface area contributed by atoms with Gasteiger partial charge < -0.3 is 10.4 Å². The van der Waals surface area contributed by atoms with Gasteiger partial charge in [0, 0.05) is 17.8 Å². The van der Waals surface area contributed by atoms with Gasteiger partial charge >= 0.3 is 0 Å². The van der Waals surface area contributed by atoms with Crippen molar-refractivity contribution in [3.05, 3.63) is 54.1 Å². The average molecular weight is 258 g/mol. The third-order valence-electron chi connectivity index (χ3n) is 3.03. The van der Waals surface area contributed by atoms with Crippen LogP contribution in [0.15, 0.2) is 48.6 Å². The average Bonchev–Trinajstić information content (AvgIpc) is 2.40. The third-order valence-corrected chi connectivity index (χ3v) is 3.03. The van der Waals surface area contributed by atoms with Gasteiger partial charge in [-0.15, -0.1) is 0 Å². The highest BCUT2D eigenvalue weighted by atomic mass is 16.3. The number of aliphatic hydroxyl groups is 1. The number of anilines is 1. The Morgan fingerprint density at radius 1 is 1.16 bits per heavy atom. The number of aliphatic hydroxyl groups excluding tert-OH is 1. The molecule has 0 spiro atoms. The summed E-state index contributed by atoms with van der Waals surface area (Å²) in [5.74, 6) is 0. The Hall–Kier alpha value is -1.58. The summed E-state index contributed by atoms with van der Waals surface area (Å²) < 4.78 is 0. The minimum atomic E-state index is -0.630. The van der Waals surface area contributed by atoms with Crippen LogP contribution in [0.1, 0.15) is 32.1 Å². The molecule has 2 unspecified atom stereocenters. The van der Waals surface area contributed by atoms with Gasteiger partial charge in [0.25, 0.3) is 0 Å². The molecule has 1 aliphatic carbocycles. The Labute approximate surface area is 115 Å². The maximum atomic E-state index is 10.2. The molecule has 3 nitrogen and oxygen atoms in total. The van der Waals surface area contributed by atoms with Crippen molar-refractivity contribution in [3.8, 4) is 0 Å². The molecule has 1 aromatic carbocycles. The summed E-state index contributed by atoms with van der Waals surface area (Å²) in [7, 11) is 0. The van der Waals surface area contributed by atoms with E-state index in [0.717, 1.165) is 17.7 Å². The maximum absolute atomic E-state index is 10.2. The molecule has 1 aromatic rings. The molecule has 1 aliphatic rings. The fourth-order valence-electron chi connectivity index (χ4n) is 2.10. The van der Waals surface area contributed by atoms with Gasteiger partial charge in [0.05, 0.1) is 0 Å².